The van der Waals surface area contributed by atoms with Crippen LogP contribution in [0.5, 0.6) is 0 Å². The van der Waals surface area contributed by atoms with Gasteiger partial charge in [-0.2, -0.15) is 0 Å². The minimum Gasteiger partial charge on any atom is -0.459 e. The van der Waals surface area contributed by atoms with E-state index in [9.17, 15) is 34.2 Å². The topological polar surface area (TPSA) is 209 Å². The van der Waals surface area contributed by atoms with Gasteiger partial charge in [0.2, 0.25) is 0 Å². The third-order valence-corrected chi connectivity index (χ3v) is 10.3. The number of ether oxygens (including phenoxy) is 9. The zero-order valence-corrected chi connectivity index (χ0v) is 34.2. The predicted molar refractivity (Wildman–Crippen MR) is 222 cm³/mol. The van der Waals surface area contributed by atoms with E-state index in [0.717, 1.165) is 0 Å². The zero-order valence-electron chi connectivity index (χ0n) is 34.2. The normalized spacial score (nSPS) is 25.2. The number of carbonyl (C=O) groups is 5. The number of aliphatic hydroxyl groups excluding tert-OH is 2. The van der Waals surface area contributed by atoms with Gasteiger partial charge in [-0.25, -0.2) is 24.0 Å². The largest absolute Gasteiger partial charge is 0.459 e. The molecule has 16 nitrogen and oxygen atoms in total. The molecule has 7 rings (SSSR count). The van der Waals surface area contributed by atoms with Crippen molar-refractivity contribution >= 4 is 29.8 Å². The minimum absolute atomic E-state index is 0.0479. The number of aliphatic hydroxyl groups is 2. The van der Waals surface area contributed by atoms with Gasteiger partial charge in [0.1, 0.15) is 31.0 Å². The molecule has 0 aromatic heterocycles. The summed E-state index contributed by atoms with van der Waals surface area (Å²) in [4.78, 5) is 69.0. The number of hydrogen-bond acceptors (Lipinski definition) is 16. The van der Waals surface area contributed by atoms with Gasteiger partial charge in [0.15, 0.2) is 37.0 Å². The Bertz CT molecular complexity index is 2320. The van der Waals surface area contributed by atoms with Crippen LogP contribution in [0, 0.1) is 0 Å². The van der Waals surface area contributed by atoms with Gasteiger partial charge in [-0.15, -0.1) is 0 Å². The third kappa shape index (κ3) is 10.9. The highest BCUT2D eigenvalue weighted by molar-refractivity contribution is 5.92. The Labute approximate surface area is 367 Å². The molecule has 2 saturated heterocycles. The lowest BCUT2D eigenvalue weighted by Gasteiger charge is -2.48. The third-order valence-electron chi connectivity index (χ3n) is 10.3. The molecule has 5 aromatic carbocycles. The molecule has 2 heterocycles. The van der Waals surface area contributed by atoms with Crippen molar-refractivity contribution in [2.45, 2.75) is 61.4 Å². The molecule has 2 aliphatic heterocycles. The molecule has 0 spiro atoms. The van der Waals surface area contributed by atoms with Crippen molar-refractivity contribution in [1.29, 1.82) is 0 Å². The second kappa shape index (κ2) is 21.5. The molecule has 332 valence electrons. The van der Waals surface area contributed by atoms with E-state index in [0.29, 0.717) is 0 Å². The molecule has 5 aromatic rings. The van der Waals surface area contributed by atoms with Crippen LogP contribution >= 0.6 is 0 Å². The molecule has 16 heteroatoms. The first-order chi connectivity index (χ1) is 31.1. The number of methoxy groups -OCH3 is 1. The van der Waals surface area contributed by atoms with Crippen LogP contribution in [-0.4, -0.2) is 122 Å². The summed E-state index contributed by atoms with van der Waals surface area (Å²) in [5.74, 6) is -4.50. The molecule has 2 N–H and O–H groups in total. The molecule has 0 radical (unpaired) electrons. The van der Waals surface area contributed by atoms with Gasteiger partial charge in [0.05, 0.1) is 34.4 Å². The lowest BCUT2D eigenvalue weighted by Crippen LogP contribution is -2.67. The van der Waals surface area contributed by atoms with Crippen molar-refractivity contribution in [2.24, 2.45) is 0 Å². The van der Waals surface area contributed by atoms with Gasteiger partial charge in [0, 0.05) is 7.11 Å². The van der Waals surface area contributed by atoms with Crippen LogP contribution in [0.3, 0.4) is 0 Å². The SMILES string of the molecule is CO[C@H]1OC(CO)[C@@H](O)C(O[C@@H]2OC(COC(=O)c3ccccc3)[C@@H](OC(=O)c3ccccc3)C(OC(=O)c3ccccc3)C2OC(=O)c2ccccc2)C1OC(=O)c1ccccc1. The fraction of sp³-hybridized carbons (Fsp3) is 0.271. The van der Waals surface area contributed by atoms with Crippen LogP contribution in [0.15, 0.2) is 152 Å². The van der Waals surface area contributed by atoms with Crippen LogP contribution in [-0.2, 0) is 42.6 Å². The monoisotopic (exact) mass is 876 g/mol. The van der Waals surface area contributed by atoms with E-state index < -0.39 is 104 Å². The summed E-state index contributed by atoms with van der Waals surface area (Å²) >= 11 is 0. The average molecular weight is 877 g/mol. The Kier molecular flexibility index (Phi) is 15.2. The van der Waals surface area contributed by atoms with E-state index in [1.165, 1.54) is 67.8 Å². The molecule has 2 fully saturated rings. The van der Waals surface area contributed by atoms with Crippen molar-refractivity contribution in [3.63, 3.8) is 0 Å². The quantitative estimate of drug-likeness (QED) is 0.109. The van der Waals surface area contributed by atoms with Crippen LogP contribution in [0.25, 0.3) is 0 Å². The molecule has 0 bridgehead atoms. The van der Waals surface area contributed by atoms with Crippen LogP contribution in [0.4, 0.5) is 0 Å². The molecule has 0 aliphatic carbocycles. The van der Waals surface area contributed by atoms with Gasteiger partial charge < -0.3 is 52.8 Å². The molecule has 64 heavy (non-hydrogen) atoms. The number of esters is 5. The summed E-state index contributed by atoms with van der Waals surface area (Å²) in [5.41, 5.74) is 0.475. The van der Waals surface area contributed by atoms with E-state index in [1.807, 2.05) is 0 Å². The number of benzene rings is 5. The second-order valence-corrected chi connectivity index (χ2v) is 14.5. The highest BCUT2D eigenvalue weighted by atomic mass is 16.8. The van der Waals surface area contributed by atoms with Crippen molar-refractivity contribution < 1.29 is 76.8 Å². The Morgan fingerprint density at radius 2 is 0.797 bits per heavy atom. The standard InChI is InChI=1S/C48H44O16/c1-56-47-40(62-45(54)32-23-13-5-14-24-32)38(36(50)34(27-49)58-47)64-48-41(63-46(55)33-25-15-6-16-26-33)39(61-44(53)31-21-11-4-12-22-31)37(60-43(52)30-19-9-3-10-20-30)35(59-48)28-57-42(51)29-17-7-2-8-18-29/h2-26,34-41,47-50H,27-28H2,1H3/t34?,35?,36-,37-,38?,39?,40?,41?,47+,48+/m1/s1. The highest BCUT2D eigenvalue weighted by Gasteiger charge is 2.57. The summed E-state index contributed by atoms with van der Waals surface area (Å²) in [7, 11) is 1.24. The number of carbonyl (C=O) groups excluding carboxylic acids is 5. The summed E-state index contributed by atoms with van der Waals surface area (Å²) in [6.45, 7) is -1.42. The molecule has 2 aliphatic rings. The van der Waals surface area contributed by atoms with Crippen LogP contribution < -0.4 is 0 Å². The molecular weight excluding hydrogens is 833 g/mol. The second-order valence-electron chi connectivity index (χ2n) is 14.5. The molecule has 0 amide bonds. The highest BCUT2D eigenvalue weighted by Crippen LogP contribution is 2.36. The summed E-state index contributed by atoms with van der Waals surface area (Å²) in [5, 5.41) is 22.1. The van der Waals surface area contributed by atoms with Gasteiger partial charge in [-0.05, 0) is 60.7 Å². The van der Waals surface area contributed by atoms with Gasteiger partial charge >= 0.3 is 29.8 Å². The molecule has 6 unspecified atom stereocenters. The minimum atomic E-state index is -1.92. The van der Waals surface area contributed by atoms with Crippen molar-refractivity contribution in [1.82, 2.24) is 0 Å². The number of rotatable bonds is 15. The molecular formula is C48H44O16. The van der Waals surface area contributed by atoms with E-state index in [4.69, 9.17) is 42.6 Å². The van der Waals surface area contributed by atoms with Crippen molar-refractivity contribution in [2.75, 3.05) is 20.3 Å². The number of hydrogen-bond donors (Lipinski definition) is 2. The maximum Gasteiger partial charge on any atom is 0.338 e. The first-order valence-corrected chi connectivity index (χ1v) is 20.2. The van der Waals surface area contributed by atoms with Crippen LogP contribution in [0.2, 0.25) is 0 Å². The Morgan fingerprint density at radius 3 is 1.19 bits per heavy atom. The van der Waals surface area contributed by atoms with Gasteiger partial charge in [-0.3, -0.25) is 0 Å². The first kappa shape index (κ1) is 45.2. The van der Waals surface area contributed by atoms with Crippen molar-refractivity contribution in [3.05, 3.63) is 179 Å². The van der Waals surface area contributed by atoms with Gasteiger partial charge in [-0.1, -0.05) is 91.0 Å². The van der Waals surface area contributed by atoms with E-state index in [-0.39, 0.29) is 27.8 Å². The lowest BCUT2D eigenvalue weighted by atomic mass is 9.96. The first-order valence-electron chi connectivity index (χ1n) is 20.2. The smallest absolute Gasteiger partial charge is 0.338 e. The summed E-state index contributed by atoms with van der Waals surface area (Å²) < 4.78 is 54.2. The van der Waals surface area contributed by atoms with Gasteiger partial charge in [0.25, 0.3) is 0 Å². The fourth-order valence-corrected chi connectivity index (χ4v) is 7.07. The Morgan fingerprint density at radius 1 is 0.453 bits per heavy atom. The summed E-state index contributed by atoms with van der Waals surface area (Å²) in [6.07, 6.45) is -16.8. The van der Waals surface area contributed by atoms with Crippen LogP contribution in [0.1, 0.15) is 51.8 Å². The molecule has 10 atom stereocenters. The summed E-state index contributed by atoms with van der Waals surface area (Å²) in [6, 6.07) is 39.3. The van der Waals surface area contributed by atoms with E-state index in [2.05, 4.69) is 0 Å². The lowest BCUT2D eigenvalue weighted by molar-refractivity contribution is -0.355. The maximum absolute atomic E-state index is 14.1. The Balaban J connectivity index is 1.33. The van der Waals surface area contributed by atoms with Crippen molar-refractivity contribution in [3.8, 4) is 0 Å². The molecule has 0 saturated carbocycles. The maximum atomic E-state index is 14.1. The van der Waals surface area contributed by atoms with E-state index in [1.54, 1.807) is 91.0 Å². The average Bonchev–Trinajstić information content (AvgIpc) is 3.34. The predicted octanol–water partition coefficient (Wildman–Crippen LogP) is 4.58. The zero-order chi connectivity index (χ0) is 45.0. The van der Waals surface area contributed by atoms with E-state index >= 15 is 0 Å². The Hall–Kier alpha value is -6.79. The fourth-order valence-electron chi connectivity index (χ4n) is 7.07.